The molecule has 0 aliphatic carbocycles. The number of aromatic nitrogens is 2. The molecule has 0 fully saturated rings. The van der Waals surface area contributed by atoms with Gasteiger partial charge in [0.15, 0.2) is 0 Å². The number of rotatable bonds is 3. The number of fused-ring (bicyclic) bond motifs is 1. The highest BCUT2D eigenvalue weighted by molar-refractivity contribution is 5.89. The summed E-state index contributed by atoms with van der Waals surface area (Å²) >= 11 is 0. The normalized spacial score (nSPS) is 10.7. The third-order valence-corrected chi connectivity index (χ3v) is 2.27. The molecule has 2 aromatic heterocycles. The number of nitrogens with one attached hydrogen (secondary N) is 2. The van der Waals surface area contributed by atoms with Crippen molar-refractivity contribution in [3.63, 3.8) is 0 Å². The van der Waals surface area contributed by atoms with Gasteiger partial charge < -0.3 is 16.0 Å². The average Bonchev–Trinajstić information content (AvgIpc) is 2.60. The largest absolute Gasteiger partial charge is 0.387 e. The van der Waals surface area contributed by atoms with Crippen LogP contribution in [0, 0.1) is 0 Å². The number of nitrogens with two attached hydrogens (primary N) is 1. The summed E-state index contributed by atoms with van der Waals surface area (Å²) in [5.74, 6) is 0. The van der Waals surface area contributed by atoms with Crippen molar-refractivity contribution < 1.29 is 0 Å². The Morgan fingerprint density at radius 1 is 1.57 bits per heavy atom. The number of hydrogen-bond donors (Lipinski definition) is 3. The van der Waals surface area contributed by atoms with Crippen LogP contribution >= 0.6 is 0 Å². The molecule has 0 aromatic carbocycles. The fraction of sp³-hybridized carbons (Fsp3) is 0.300. The van der Waals surface area contributed by atoms with Gasteiger partial charge in [-0.2, -0.15) is 0 Å². The maximum Gasteiger partial charge on any atom is 0.139 e. The number of pyridine rings is 1. The van der Waals surface area contributed by atoms with Crippen molar-refractivity contribution in [1.29, 1.82) is 0 Å². The van der Waals surface area contributed by atoms with Crippen LogP contribution in [0.15, 0.2) is 18.3 Å². The molecule has 0 aliphatic rings. The molecule has 0 radical (unpaired) electrons. The molecule has 4 N–H and O–H groups in total. The van der Waals surface area contributed by atoms with Crippen molar-refractivity contribution >= 4 is 16.7 Å². The van der Waals surface area contributed by atoms with E-state index in [4.69, 9.17) is 5.73 Å². The first kappa shape index (κ1) is 9.02. The highest BCUT2D eigenvalue weighted by Gasteiger charge is 2.04. The summed E-state index contributed by atoms with van der Waals surface area (Å²) in [6.45, 7) is 0.654. The first-order valence-electron chi connectivity index (χ1n) is 4.69. The van der Waals surface area contributed by atoms with E-state index in [2.05, 4.69) is 21.4 Å². The molecule has 2 rings (SSSR count). The minimum atomic E-state index is 0.654. The molecule has 0 unspecified atom stereocenters. The van der Waals surface area contributed by atoms with Crippen molar-refractivity contribution in [2.24, 2.45) is 5.73 Å². The van der Waals surface area contributed by atoms with Crippen LogP contribution in [0.1, 0.15) is 5.69 Å². The van der Waals surface area contributed by atoms with Gasteiger partial charge in [-0.25, -0.2) is 4.98 Å². The minimum Gasteiger partial charge on any atom is -0.387 e. The van der Waals surface area contributed by atoms with Crippen LogP contribution in [0.2, 0.25) is 0 Å². The fourth-order valence-electron chi connectivity index (χ4n) is 1.59. The molecular weight excluding hydrogens is 176 g/mol. The second kappa shape index (κ2) is 3.67. The molecule has 0 atom stereocenters. The number of H-pyrrole nitrogens is 1. The molecule has 2 heterocycles. The van der Waals surface area contributed by atoms with E-state index >= 15 is 0 Å². The Hall–Kier alpha value is -1.55. The summed E-state index contributed by atoms with van der Waals surface area (Å²) in [6, 6.07) is 4.06. The molecule has 14 heavy (non-hydrogen) atoms. The van der Waals surface area contributed by atoms with E-state index < -0.39 is 0 Å². The van der Waals surface area contributed by atoms with Crippen molar-refractivity contribution in [3.05, 3.63) is 24.0 Å². The zero-order valence-electron chi connectivity index (χ0n) is 8.17. The molecule has 0 aliphatic heterocycles. The van der Waals surface area contributed by atoms with Crippen LogP contribution in [0.3, 0.4) is 0 Å². The minimum absolute atomic E-state index is 0.654. The molecular formula is C10H14N4. The lowest BCUT2D eigenvalue weighted by molar-refractivity contribution is 0.938. The van der Waals surface area contributed by atoms with Crippen molar-refractivity contribution in [3.8, 4) is 0 Å². The Kier molecular flexibility index (Phi) is 2.37. The first-order chi connectivity index (χ1) is 6.85. The van der Waals surface area contributed by atoms with Crippen LogP contribution in [-0.4, -0.2) is 23.6 Å². The van der Waals surface area contributed by atoms with Crippen molar-refractivity contribution in [2.45, 2.75) is 6.42 Å². The molecule has 0 saturated heterocycles. The quantitative estimate of drug-likeness (QED) is 0.679. The number of anilines is 1. The molecule has 0 amide bonds. The van der Waals surface area contributed by atoms with Crippen molar-refractivity contribution in [1.82, 2.24) is 9.97 Å². The van der Waals surface area contributed by atoms with Gasteiger partial charge in [0.1, 0.15) is 5.65 Å². The number of hydrogen-bond acceptors (Lipinski definition) is 3. The summed E-state index contributed by atoms with van der Waals surface area (Å²) in [7, 11) is 1.91. The van der Waals surface area contributed by atoms with E-state index in [1.165, 1.54) is 0 Å². The second-order valence-electron chi connectivity index (χ2n) is 3.20. The van der Waals surface area contributed by atoms with E-state index in [0.717, 1.165) is 28.8 Å². The maximum atomic E-state index is 5.50. The van der Waals surface area contributed by atoms with Gasteiger partial charge in [-0.05, 0) is 25.1 Å². The number of aromatic amines is 1. The highest BCUT2D eigenvalue weighted by atomic mass is 14.9. The van der Waals surface area contributed by atoms with E-state index in [0.29, 0.717) is 6.54 Å². The van der Waals surface area contributed by atoms with Gasteiger partial charge in [0.05, 0.1) is 0 Å². The van der Waals surface area contributed by atoms with Crippen molar-refractivity contribution in [2.75, 3.05) is 18.9 Å². The molecule has 0 saturated carbocycles. The lowest BCUT2D eigenvalue weighted by atomic mass is 10.2. The molecule has 2 aromatic rings. The molecule has 0 spiro atoms. The smallest absolute Gasteiger partial charge is 0.139 e. The van der Waals surface area contributed by atoms with Gasteiger partial charge in [-0.1, -0.05) is 0 Å². The van der Waals surface area contributed by atoms with E-state index in [1.807, 2.05) is 13.1 Å². The summed E-state index contributed by atoms with van der Waals surface area (Å²) in [4.78, 5) is 7.50. The summed E-state index contributed by atoms with van der Waals surface area (Å²) in [5, 5.41) is 4.26. The van der Waals surface area contributed by atoms with Gasteiger partial charge in [0.2, 0.25) is 0 Å². The Morgan fingerprint density at radius 3 is 3.14 bits per heavy atom. The predicted octanol–water partition coefficient (Wildman–Crippen LogP) is 1.11. The van der Waals surface area contributed by atoms with E-state index in [9.17, 15) is 0 Å². The van der Waals surface area contributed by atoms with E-state index in [1.54, 1.807) is 6.20 Å². The maximum absolute atomic E-state index is 5.50. The Balaban J connectivity index is 2.52. The first-order valence-corrected chi connectivity index (χ1v) is 4.69. The highest BCUT2D eigenvalue weighted by Crippen LogP contribution is 2.21. The summed E-state index contributed by atoms with van der Waals surface area (Å²) < 4.78 is 0. The second-order valence-corrected chi connectivity index (χ2v) is 3.20. The standard InChI is InChI=1S/C10H14N4/c1-12-9-3-5-13-10-8(9)6-7(14-10)2-4-11/h3,5-6H,2,4,11H2,1H3,(H2,12,13,14). The zero-order chi connectivity index (χ0) is 9.97. The van der Waals surface area contributed by atoms with Gasteiger partial charge in [-0.15, -0.1) is 0 Å². The fourth-order valence-corrected chi connectivity index (χ4v) is 1.59. The average molecular weight is 190 g/mol. The summed E-state index contributed by atoms with van der Waals surface area (Å²) in [6.07, 6.45) is 2.65. The van der Waals surface area contributed by atoms with Gasteiger partial charge in [0.25, 0.3) is 0 Å². The predicted molar refractivity (Wildman–Crippen MR) is 58.4 cm³/mol. The Morgan fingerprint density at radius 2 is 2.43 bits per heavy atom. The third-order valence-electron chi connectivity index (χ3n) is 2.27. The topological polar surface area (TPSA) is 66.7 Å². The zero-order valence-corrected chi connectivity index (χ0v) is 8.17. The van der Waals surface area contributed by atoms with Crippen LogP contribution in [0.25, 0.3) is 11.0 Å². The van der Waals surface area contributed by atoms with Gasteiger partial charge in [0, 0.05) is 30.0 Å². The van der Waals surface area contributed by atoms with Crippen LogP contribution in [0.5, 0.6) is 0 Å². The van der Waals surface area contributed by atoms with Crippen LogP contribution in [0.4, 0.5) is 5.69 Å². The van der Waals surface area contributed by atoms with E-state index in [-0.39, 0.29) is 0 Å². The Labute approximate surface area is 82.5 Å². The Bertz CT molecular complexity index is 433. The molecule has 4 heteroatoms. The lowest BCUT2D eigenvalue weighted by Gasteiger charge is -1.98. The SMILES string of the molecule is CNc1ccnc2[nH]c(CCN)cc12. The van der Waals surface area contributed by atoms with Gasteiger partial charge >= 0.3 is 0 Å². The summed E-state index contributed by atoms with van der Waals surface area (Å²) in [5.41, 5.74) is 8.64. The molecule has 4 nitrogen and oxygen atoms in total. The lowest BCUT2D eigenvalue weighted by Crippen LogP contribution is -2.02. The number of nitrogens with zero attached hydrogens (tertiary/aromatic N) is 1. The molecule has 74 valence electrons. The van der Waals surface area contributed by atoms with Crippen LogP contribution < -0.4 is 11.1 Å². The third kappa shape index (κ3) is 1.44. The monoisotopic (exact) mass is 190 g/mol. The molecule has 0 bridgehead atoms. The van der Waals surface area contributed by atoms with Crippen LogP contribution in [-0.2, 0) is 6.42 Å². The van der Waals surface area contributed by atoms with Gasteiger partial charge in [-0.3, -0.25) is 0 Å².